The molecule has 0 saturated carbocycles. The molecule has 0 spiro atoms. The maximum Gasteiger partial charge on any atom is 0.122 e. The van der Waals surface area contributed by atoms with E-state index in [0.717, 1.165) is 31.8 Å². The van der Waals surface area contributed by atoms with Crippen LogP contribution in [0.4, 0.5) is 0 Å². The molecular formula is C16H24N4. The number of aryl methyl sites for hydroxylation is 1. The average Bonchev–Trinajstić information content (AvgIpc) is 2.85. The van der Waals surface area contributed by atoms with Gasteiger partial charge in [0, 0.05) is 25.5 Å². The van der Waals surface area contributed by atoms with E-state index in [0.29, 0.717) is 0 Å². The smallest absolute Gasteiger partial charge is 0.122 e. The molecule has 2 rings (SSSR count). The van der Waals surface area contributed by atoms with Crippen molar-refractivity contribution < 1.29 is 0 Å². The quantitative estimate of drug-likeness (QED) is 0.841. The highest BCUT2D eigenvalue weighted by Gasteiger charge is 2.07. The molecule has 20 heavy (non-hydrogen) atoms. The zero-order valence-electron chi connectivity index (χ0n) is 12.4. The second-order valence-electron chi connectivity index (χ2n) is 5.35. The molecule has 0 fully saturated rings. The minimum Gasteiger partial charge on any atom is -0.337 e. The lowest BCUT2D eigenvalue weighted by Gasteiger charge is -2.18. The number of aromatic nitrogens is 2. The Labute approximate surface area is 121 Å². The fourth-order valence-electron chi connectivity index (χ4n) is 2.32. The summed E-state index contributed by atoms with van der Waals surface area (Å²) in [5.41, 5.74) is 7.43. The van der Waals surface area contributed by atoms with E-state index >= 15 is 0 Å². The lowest BCUT2D eigenvalue weighted by atomic mass is 10.0. The molecule has 0 aliphatic heterocycles. The number of hydrogen-bond donors (Lipinski definition) is 1. The molecule has 1 unspecified atom stereocenters. The van der Waals surface area contributed by atoms with Crippen molar-refractivity contribution in [2.45, 2.75) is 25.4 Å². The number of nitrogens with two attached hydrogens (primary N) is 1. The van der Waals surface area contributed by atoms with Crippen molar-refractivity contribution in [1.29, 1.82) is 0 Å². The maximum atomic E-state index is 6.21. The second kappa shape index (κ2) is 7.22. The van der Waals surface area contributed by atoms with E-state index in [4.69, 9.17) is 5.73 Å². The van der Waals surface area contributed by atoms with E-state index in [2.05, 4.69) is 33.6 Å². The third kappa shape index (κ3) is 4.18. The summed E-state index contributed by atoms with van der Waals surface area (Å²) in [4.78, 5) is 6.63. The third-order valence-electron chi connectivity index (χ3n) is 3.61. The van der Waals surface area contributed by atoms with Crippen molar-refractivity contribution in [2.24, 2.45) is 12.8 Å². The highest BCUT2D eigenvalue weighted by Crippen LogP contribution is 2.15. The molecule has 2 N–H and O–H groups in total. The highest BCUT2D eigenvalue weighted by molar-refractivity contribution is 5.18. The monoisotopic (exact) mass is 272 g/mol. The van der Waals surface area contributed by atoms with Gasteiger partial charge in [-0.2, -0.15) is 0 Å². The van der Waals surface area contributed by atoms with Crippen LogP contribution >= 0.6 is 0 Å². The summed E-state index contributed by atoms with van der Waals surface area (Å²) in [7, 11) is 4.16. The Bertz CT molecular complexity index is 506. The van der Waals surface area contributed by atoms with Gasteiger partial charge in [-0.25, -0.2) is 4.98 Å². The summed E-state index contributed by atoms with van der Waals surface area (Å²) in [5.74, 6) is 1.10. The third-order valence-corrected chi connectivity index (χ3v) is 3.61. The van der Waals surface area contributed by atoms with Gasteiger partial charge in [0.1, 0.15) is 5.82 Å². The SMILES string of the molecule is CN(CCCC(N)c1ccccc1)Cc1nccn1C. The van der Waals surface area contributed by atoms with Crippen molar-refractivity contribution in [3.05, 3.63) is 54.1 Å². The van der Waals surface area contributed by atoms with Gasteiger partial charge in [-0.3, -0.25) is 4.90 Å². The average molecular weight is 272 g/mol. The first kappa shape index (κ1) is 14.8. The Morgan fingerprint density at radius 1 is 1.30 bits per heavy atom. The van der Waals surface area contributed by atoms with Gasteiger partial charge in [-0.05, 0) is 32.0 Å². The van der Waals surface area contributed by atoms with Gasteiger partial charge >= 0.3 is 0 Å². The van der Waals surface area contributed by atoms with Crippen molar-refractivity contribution in [3.63, 3.8) is 0 Å². The van der Waals surface area contributed by atoms with E-state index in [-0.39, 0.29) is 6.04 Å². The topological polar surface area (TPSA) is 47.1 Å². The van der Waals surface area contributed by atoms with Gasteiger partial charge in [-0.1, -0.05) is 30.3 Å². The molecule has 4 heteroatoms. The Morgan fingerprint density at radius 3 is 2.70 bits per heavy atom. The molecule has 0 saturated heterocycles. The fourth-order valence-corrected chi connectivity index (χ4v) is 2.32. The second-order valence-corrected chi connectivity index (χ2v) is 5.35. The minimum absolute atomic E-state index is 0.137. The van der Waals surface area contributed by atoms with Crippen LogP contribution < -0.4 is 5.73 Å². The summed E-state index contributed by atoms with van der Waals surface area (Å²) in [6.07, 6.45) is 5.93. The van der Waals surface area contributed by atoms with Crippen LogP contribution in [0.1, 0.15) is 30.3 Å². The minimum atomic E-state index is 0.137. The van der Waals surface area contributed by atoms with Crippen LogP contribution in [0.3, 0.4) is 0 Å². The zero-order valence-corrected chi connectivity index (χ0v) is 12.4. The molecule has 1 heterocycles. The van der Waals surface area contributed by atoms with Crippen LogP contribution in [0.5, 0.6) is 0 Å². The van der Waals surface area contributed by atoms with Crippen LogP contribution in [0.2, 0.25) is 0 Å². The molecule has 1 atom stereocenters. The summed E-state index contributed by atoms with van der Waals surface area (Å²) in [6, 6.07) is 10.4. The Balaban J connectivity index is 1.72. The highest BCUT2D eigenvalue weighted by atomic mass is 15.1. The summed E-state index contributed by atoms with van der Waals surface area (Å²) in [6.45, 7) is 1.91. The summed E-state index contributed by atoms with van der Waals surface area (Å²) in [5, 5.41) is 0. The Morgan fingerprint density at radius 2 is 2.05 bits per heavy atom. The van der Waals surface area contributed by atoms with Gasteiger partial charge in [0.25, 0.3) is 0 Å². The Kier molecular flexibility index (Phi) is 5.32. The van der Waals surface area contributed by atoms with Gasteiger partial charge in [0.05, 0.1) is 6.54 Å². The van der Waals surface area contributed by atoms with Crippen LogP contribution in [-0.4, -0.2) is 28.0 Å². The first-order valence-corrected chi connectivity index (χ1v) is 7.12. The molecule has 0 aliphatic rings. The maximum absolute atomic E-state index is 6.21. The molecule has 108 valence electrons. The molecular weight excluding hydrogens is 248 g/mol. The number of rotatable bonds is 7. The van der Waals surface area contributed by atoms with Gasteiger partial charge in [-0.15, -0.1) is 0 Å². The molecule has 0 aliphatic carbocycles. The standard InChI is InChI=1S/C16H24N4/c1-19(13-16-18-10-12-20(16)2)11-6-9-15(17)14-7-4-3-5-8-14/h3-5,7-8,10,12,15H,6,9,11,13,17H2,1-2H3. The predicted octanol–water partition coefficient (Wildman–Crippen LogP) is 2.33. The molecule has 0 bridgehead atoms. The van der Waals surface area contributed by atoms with Crippen molar-refractivity contribution >= 4 is 0 Å². The summed E-state index contributed by atoms with van der Waals surface area (Å²) < 4.78 is 2.06. The Hall–Kier alpha value is -1.65. The molecule has 0 radical (unpaired) electrons. The number of benzene rings is 1. The molecule has 1 aromatic carbocycles. The van der Waals surface area contributed by atoms with Crippen LogP contribution in [0, 0.1) is 0 Å². The van der Waals surface area contributed by atoms with Crippen molar-refractivity contribution in [1.82, 2.24) is 14.5 Å². The molecule has 1 aromatic heterocycles. The van der Waals surface area contributed by atoms with E-state index in [9.17, 15) is 0 Å². The number of imidazole rings is 1. The first-order valence-electron chi connectivity index (χ1n) is 7.12. The predicted molar refractivity (Wildman–Crippen MR) is 82.1 cm³/mol. The van der Waals surface area contributed by atoms with E-state index in [1.807, 2.05) is 37.6 Å². The van der Waals surface area contributed by atoms with Crippen LogP contribution in [-0.2, 0) is 13.6 Å². The van der Waals surface area contributed by atoms with Crippen LogP contribution in [0.25, 0.3) is 0 Å². The summed E-state index contributed by atoms with van der Waals surface area (Å²) >= 11 is 0. The molecule has 0 amide bonds. The number of hydrogen-bond acceptors (Lipinski definition) is 3. The zero-order chi connectivity index (χ0) is 14.4. The normalized spacial score (nSPS) is 12.8. The van der Waals surface area contributed by atoms with Gasteiger partial charge in [0.15, 0.2) is 0 Å². The fraction of sp³-hybridized carbons (Fsp3) is 0.438. The largest absolute Gasteiger partial charge is 0.337 e. The van der Waals surface area contributed by atoms with E-state index in [1.165, 1.54) is 5.56 Å². The first-order chi connectivity index (χ1) is 9.66. The lowest BCUT2D eigenvalue weighted by molar-refractivity contribution is 0.303. The number of nitrogens with zero attached hydrogens (tertiary/aromatic N) is 3. The molecule has 2 aromatic rings. The van der Waals surface area contributed by atoms with E-state index < -0.39 is 0 Å². The van der Waals surface area contributed by atoms with Crippen molar-refractivity contribution in [2.75, 3.05) is 13.6 Å². The van der Waals surface area contributed by atoms with Crippen molar-refractivity contribution in [3.8, 4) is 0 Å². The van der Waals surface area contributed by atoms with E-state index in [1.54, 1.807) is 0 Å². The lowest BCUT2D eigenvalue weighted by Crippen LogP contribution is -2.22. The van der Waals surface area contributed by atoms with Crippen LogP contribution in [0.15, 0.2) is 42.7 Å². The molecule has 4 nitrogen and oxygen atoms in total. The van der Waals surface area contributed by atoms with Gasteiger partial charge in [0.2, 0.25) is 0 Å². The van der Waals surface area contributed by atoms with Gasteiger partial charge < -0.3 is 10.3 Å².